The van der Waals surface area contributed by atoms with Gasteiger partial charge in [0, 0.05) is 29.3 Å². The summed E-state index contributed by atoms with van der Waals surface area (Å²) < 4.78 is 19.1. The fraction of sp³-hybridized carbons (Fsp3) is 0.238. The van der Waals surface area contributed by atoms with Gasteiger partial charge in [0.1, 0.15) is 11.6 Å². The molecule has 0 bridgehead atoms. The highest BCUT2D eigenvalue weighted by atomic mass is 35.5. The first kappa shape index (κ1) is 19.1. The summed E-state index contributed by atoms with van der Waals surface area (Å²) >= 11 is 6.21. The maximum Gasteiger partial charge on any atom is 0.260 e. The van der Waals surface area contributed by atoms with Crippen molar-refractivity contribution in [2.45, 2.75) is 32.9 Å². The van der Waals surface area contributed by atoms with Gasteiger partial charge in [-0.1, -0.05) is 11.6 Å². The van der Waals surface area contributed by atoms with Crippen molar-refractivity contribution in [2.24, 2.45) is 0 Å². The van der Waals surface area contributed by atoms with Gasteiger partial charge in [-0.15, -0.1) is 0 Å². The lowest BCUT2D eigenvalue weighted by Gasteiger charge is -2.17. The normalized spacial score (nSPS) is 12.2. The van der Waals surface area contributed by atoms with Crippen LogP contribution in [0.1, 0.15) is 20.8 Å². The third-order valence-electron chi connectivity index (χ3n) is 4.05. The molecule has 0 saturated heterocycles. The highest BCUT2D eigenvalue weighted by Crippen LogP contribution is 2.34. The number of nitrogens with one attached hydrogen (secondary N) is 1. The molecule has 3 rings (SSSR count). The molecule has 140 valence electrons. The molecule has 0 spiro atoms. The summed E-state index contributed by atoms with van der Waals surface area (Å²) in [6.07, 6.45) is 1.04. The van der Waals surface area contributed by atoms with E-state index in [0.29, 0.717) is 16.3 Å². The number of hydrogen-bond donors (Lipinski definition) is 1. The van der Waals surface area contributed by atoms with E-state index >= 15 is 0 Å². The Balaban J connectivity index is 1.92. The predicted octanol–water partition coefficient (Wildman–Crippen LogP) is 4.99. The molecule has 1 atom stereocenters. The van der Waals surface area contributed by atoms with Gasteiger partial charge in [-0.2, -0.15) is 0 Å². The zero-order valence-corrected chi connectivity index (χ0v) is 16.0. The number of halogens is 2. The van der Waals surface area contributed by atoms with Crippen LogP contribution in [0.25, 0.3) is 22.0 Å². The lowest BCUT2D eigenvalue weighted by molar-refractivity contribution is -0.127. The van der Waals surface area contributed by atoms with Crippen molar-refractivity contribution in [1.29, 1.82) is 0 Å². The largest absolute Gasteiger partial charge is 0.481 e. The highest BCUT2D eigenvalue weighted by molar-refractivity contribution is 6.33. The van der Waals surface area contributed by atoms with E-state index in [-0.39, 0.29) is 17.8 Å². The van der Waals surface area contributed by atoms with Gasteiger partial charge in [0.2, 0.25) is 0 Å². The van der Waals surface area contributed by atoms with Crippen LogP contribution in [0.2, 0.25) is 5.02 Å². The lowest BCUT2D eigenvalue weighted by atomic mass is 10.0. The zero-order chi connectivity index (χ0) is 19.6. The average Bonchev–Trinajstić information content (AvgIpc) is 2.60. The van der Waals surface area contributed by atoms with E-state index in [0.717, 1.165) is 16.5 Å². The Bertz CT molecular complexity index is 991. The maximum absolute atomic E-state index is 13.3. The van der Waals surface area contributed by atoms with Crippen LogP contribution in [0.4, 0.5) is 4.39 Å². The molecular weight excluding hydrogens is 367 g/mol. The second-order valence-corrected chi connectivity index (χ2v) is 6.99. The highest BCUT2D eigenvalue weighted by Gasteiger charge is 2.16. The minimum absolute atomic E-state index is 0.0461. The summed E-state index contributed by atoms with van der Waals surface area (Å²) in [5, 5.41) is 4.01. The van der Waals surface area contributed by atoms with Gasteiger partial charge in [-0.3, -0.25) is 9.78 Å². The number of ether oxygens (including phenoxy) is 1. The summed E-state index contributed by atoms with van der Waals surface area (Å²) in [5.41, 5.74) is 2.27. The number of hydrogen-bond acceptors (Lipinski definition) is 3. The predicted molar refractivity (Wildman–Crippen MR) is 106 cm³/mol. The Kier molecular flexibility index (Phi) is 5.61. The topological polar surface area (TPSA) is 51.2 Å². The van der Waals surface area contributed by atoms with Crippen LogP contribution in [0.15, 0.2) is 48.7 Å². The maximum atomic E-state index is 13.3. The van der Waals surface area contributed by atoms with E-state index in [1.54, 1.807) is 31.3 Å². The van der Waals surface area contributed by atoms with Crippen LogP contribution in [-0.4, -0.2) is 23.0 Å². The zero-order valence-electron chi connectivity index (χ0n) is 15.3. The number of pyridine rings is 1. The summed E-state index contributed by atoms with van der Waals surface area (Å²) in [6.45, 7) is 5.49. The van der Waals surface area contributed by atoms with Crippen molar-refractivity contribution < 1.29 is 13.9 Å². The molecule has 0 unspecified atom stereocenters. The molecule has 0 aliphatic carbocycles. The number of rotatable bonds is 5. The Morgan fingerprint density at radius 3 is 2.59 bits per heavy atom. The summed E-state index contributed by atoms with van der Waals surface area (Å²) in [7, 11) is 0. The molecule has 1 heterocycles. The number of carbonyl (C=O) groups is 1. The van der Waals surface area contributed by atoms with Gasteiger partial charge in [0.25, 0.3) is 5.91 Å². The lowest BCUT2D eigenvalue weighted by Crippen LogP contribution is -2.40. The first-order chi connectivity index (χ1) is 12.8. The molecule has 0 aliphatic heterocycles. The first-order valence-corrected chi connectivity index (χ1v) is 9.04. The monoisotopic (exact) mass is 386 g/mol. The molecule has 0 aliphatic rings. The fourth-order valence-electron chi connectivity index (χ4n) is 2.80. The smallest absolute Gasteiger partial charge is 0.260 e. The van der Waals surface area contributed by atoms with Gasteiger partial charge in [0.05, 0.1) is 10.5 Å². The number of nitrogens with zero attached hydrogens (tertiary/aromatic N) is 1. The molecule has 6 heteroatoms. The van der Waals surface area contributed by atoms with Gasteiger partial charge < -0.3 is 10.1 Å². The van der Waals surface area contributed by atoms with Gasteiger partial charge in [0.15, 0.2) is 6.10 Å². The van der Waals surface area contributed by atoms with Gasteiger partial charge in [-0.05, 0) is 62.7 Å². The molecule has 0 fully saturated rings. The summed E-state index contributed by atoms with van der Waals surface area (Å²) in [4.78, 5) is 16.4. The Morgan fingerprint density at radius 1 is 1.11 bits per heavy atom. The quantitative estimate of drug-likeness (QED) is 0.672. The molecule has 1 aromatic heterocycles. The fourth-order valence-corrected chi connectivity index (χ4v) is 3.07. The van der Waals surface area contributed by atoms with E-state index in [9.17, 15) is 9.18 Å². The van der Waals surface area contributed by atoms with Crippen molar-refractivity contribution in [3.05, 3.63) is 59.5 Å². The van der Waals surface area contributed by atoms with Crippen molar-refractivity contribution >= 4 is 28.4 Å². The van der Waals surface area contributed by atoms with Gasteiger partial charge in [-0.25, -0.2) is 4.39 Å². The standard InChI is InChI=1S/C21H20ClFN2O2/c1-12(2)25-21(26)13(3)27-15-5-7-18-16(8-9-24-20(18)11-15)17-6-4-14(23)10-19(17)22/h4-13H,1-3H3,(H,25,26)/t13-/m1/s1. The molecule has 1 N–H and O–H groups in total. The Hall–Kier alpha value is -2.66. The van der Waals surface area contributed by atoms with E-state index in [1.165, 1.54) is 12.1 Å². The number of aromatic nitrogens is 1. The van der Waals surface area contributed by atoms with Crippen LogP contribution in [0, 0.1) is 5.82 Å². The van der Waals surface area contributed by atoms with Crippen molar-refractivity contribution in [3.8, 4) is 16.9 Å². The Morgan fingerprint density at radius 2 is 1.89 bits per heavy atom. The van der Waals surface area contributed by atoms with Crippen molar-refractivity contribution in [3.63, 3.8) is 0 Å². The minimum atomic E-state index is -0.625. The van der Waals surface area contributed by atoms with Crippen LogP contribution in [0.5, 0.6) is 5.75 Å². The van der Waals surface area contributed by atoms with Crippen molar-refractivity contribution in [1.82, 2.24) is 10.3 Å². The molecular formula is C21H20ClFN2O2. The molecule has 4 nitrogen and oxygen atoms in total. The molecule has 2 aromatic carbocycles. The van der Waals surface area contributed by atoms with Crippen LogP contribution in [0.3, 0.4) is 0 Å². The molecule has 3 aromatic rings. The van der Waals surface area contributed by atoms with E-state index < -0.39 is 6.10 Å². The molecule has 0 radical (unpaired) electrons. The average molecular weight is 387 g/mol. The third kappa shape index (κ3) is 4.37. The molecule has 27 heavy (non-hydrogen) atoms. The summed E-state index contributed by atoms with van der Waals surface area (Å²) in [5.74, 6) is -0.0138. The third-order valence-corrected chi connectivity index (χ3v) is 4.36. The first-order valence-electron chi connectivity index (χ1n) is 8.66. The van der Waals surface area contributed by atoms with Crippen molar-refractivity contribution in [2.75, 3.05) is 0 Å². The Labute approximate surface area is 162 Å². The SMILES string of the molecule is CC(C)NC(=O)[C@@H](C)Oc1ccc2c(-c3ccc(F)cc3Cl)ccnc2c1. The van der Waals surface area contributed by atoms with E-state index in [4.69, 9.17) is 16.3 Å². The molecule has 1 amide bonds. The second kappa shape index (κ2) is 7.92. The van der Waals surface area contributed by atoms with Crippen LogP contribution >= 0.6 is 11.6 Å². The number of fused-ring (bicyclic) bond motifs is 1. The van der Waals surface area contributed by atoms with Gasteiger partial charge >= 0.3 is 0 Å². The van der Waals surface area contributed by atoms with Crippen LogP contribution in [-0.2, 0) is 4.79 Å². The summed E-state index contributed by atoms with van der Waals surface area (Å²) in [6, 6.07) is 11.6. The number of benzene rings is 2. The number of amides is 1. The minimum Gasteiger partial charge on any atom is -0.481 e. The molecule has 0 saturated carbocycles. The van der Waals surface area contributed by atoms with E-state index in [1.807, 2.05) is 26.0 Å². The van der Waals surface area contributed by atoms with Crippen LogP contribution < -0.4 is 10.1 Å². The number of carbonyl (C=O) groups excluding carboxylic acids is 1. The van der Waals surface area contributed by atoms with E-state index in [2.05, 4.69) is 10.3 Å². The second-order valence-electron chi connectivity index (χ2n) is 6.59.